The molecule has 0 atom stereocenters. The van der Waals surface area contributed by atoms with E-state index in [9.17, 15) is 0 Å². The number of rotatable bonds is 0. The molecule has 0 saturated carbocycles. The van der Waals surface area contributed by atoms with E-state index < -0.39 is 11.9 Å². The molecule has 4 N–H and O–H groups in total. The molecule has 5 nitrogen and oxygen atoms in total. The summed E-state index contributed by atoms with van der Waals surface area (Å²) < 4.78 is 0. The average Bonchev–Trinajstić information content (AvgIpc) is 1.25. The molecule has 10 heavy (non-hydrogen) atoms. The van der Waals surface area contributed by atoms with E-state index in [1.807, 2.05) is 0 Å². The van der Waals surface area contributed by atoms with Gasteiger partial charge in [0.2, 0.25) is 0 Å². The van der Waals surface area contributed by atoms with Crippen LogP contribution < -0.4 is 0 Å². The van der Waals surface area contributed by atoms with Gasteiger partial charge in [0.1, 0.15) is 0 Å². The van der Waals surface area contributed by atoms with Gasteiger partial charge in [0.05, 0.1) is 0 Å². The molecule has 0 unspecified atom stereocenters. The molecule has 58 valence electrons. The first-order chi connectivity index (χ1) is 3.46. The summed E-state index contributed by atoms with van der Waals surface area (Å²) in [6.45, 7) is 2.17. The van der Waals surface area contributed by atoms with Crippen molar-refractivity contribution in [2.45, 2.75) is 13.8 Å². The topological polar surface area (TPSA) is 106 Å². The van der Waals surface area contributed by atoms with Gasteiger partial charge in [-0.2, -0.15) is 0 Å². The molecule has 0 aliphatic rings. The third-order valence-electron chi connectivity index (χ3n) is 0. The van der Waals surface area contributed by atoms with E-state index in [0.29, 0.717) is 0 Å². The Morgan fingerprint density at radius 2 is 1.00 bits per heavy atom. The number of carbonyl (C=O) groups is 2. The largest absolute Gasteiger partial charge is 0.481 e. The molecule has 0 fully saturated rings. The third kappa shape index (κ3) is 16400. The zero-order chi connectivity index (χ0) is 7.15. The summed E-state index contributed by atoms with van der Waals surface area (Å²) in [6.07, 6.45) is 0. The Morgan fingerprint density at radius 1 is 1.00 bits per heavy atom. The maximum absolute atomic E-state index is 9.00. The molecule has 0 aromatic rings. The summed E-state index contributed by atoms with van der Waals surface area (Å²) in [6, 6.07) is 0. The normalized spacial score (nSPS) is 5.00. The standard InChI is InChI=1S/2C2H4O2.Ca.H2O/c2*1-2(3)4;;/h2*1H3,(H,3,4);;1H2. The van der Waals surface area contributed by atoms with Gasteiger partial charge < -0.3 is 15.7 Å². The van der Waals surface area contributed by atoms with Gasteiger partial charge in [-0.1, -0.05) is 0 Å². The van der Waals surface area contributed by atoms with Crippen LogP contribution in [0.1, 0.15) is 13.8 Å². The van der Waals surface area contributed by atoms with Crippen LogP contribution in [0.5, 0.6) is 0 Å². The SMILES string of the molecule is CC(=O)O.CC(=O)O.O.[Ca]. The molecule has 0 heterocycles. The quantitative estimate of drug-likeness (QED) is 0.463. The van der Waals surface area contributed by atoms with E-state index in [1.165, 1.54) is 0 Å². The molecule has 0 rings (SSSR count). The Kier molecular flexibility index (Phi) is 36.1. The van der Waals surface area contributed by atoms with Crippen molar-refractivity contribution in [1.82, 2.24) is 0 Å². The summed E-state index contributed by atoms with van der Waals surface area (Å²) in [5.41, 5.74) is 0. The second-order valence-corrected chi connectivity index (χ2v) is 1.04. The third-order valence-corrected chi connectivity index (χ3v) is 0. The first-order valence-electron chi connectivity index (χ1n) is 1.86. The molecule has 0 aliphatic carbocycles. The summed E-state index contributed by atoms with van der Waals surface area (Å²) in [5, 5.41) is 14.8. The van der Waals surface area contributed by atoms with Gasteiger partial charge >= 0.3 is 0 Å². The fraction of sp³-hybridized carbons (Fsp3) is 0.500. The predicted octanol–water partition coefficient (Wildman–Crippen LogP) is -1.02. The number of aliphatic carboxylic acids is 2. The van der Waals surface area contributed by atoms with Crippen LogP contribution in [-0.4, -0.2) is 65.4 Å². The second kappa shape index (κ2) is 16.1. The zero-order valence-corrected chi connectivity index (χ0v) is 8.13. The number of hydrogen-bond acceptors (Lipinski definition) is 2. The maximum Gasteiger partial charge on any atom is 0.300 e. The molecular formula is C4H10CaO5. The van der Waals surface area contributed by atoms with E-state index in [1.54, 1.807) is 0 Å². The van der Waals surface area contributed by atoms with E-state index in [-0.39, 0.29) is 43.2 Å². The number of carboxylic acid groups (broad SMARTS) is 2. The molecule has 0 bridgehead atoms. The van der Waals surface area contributed by atoms with E-state index in [2.05, 4.69) is 0 Å². The Balaban J connectivity index is -0.0000000300. The average molecular weight is 178 g/mol. The molecule has 0 aliphatic heterocycles. The van der Waals surface area contributed by atoms with Crippen molar-refractivity contribution in [2.75, 3.05) is 0 Å². The molecule has 0 spiro atoms. The second-order valence-electron chi connectivity index (χ2n) is 1.04. The van der Waals surface area contributed by atoms with Gasteiger partial charge in [0.15, 0.2) is 0 Å². The minimum absolute atomic E-state index is 0. The minimum atomic E-state index is -0.833. The molecule has 6 heteroatoms. The Bertz CT molecular complexity index is 71.6. The van der Waals surface area contributed by atoms with Crippen LogP contribution in [0, 0.1) is 0 Å². The van der Waals surface area contributed by atoms with Crippen molar-refractivity contribution in [1.29, 1.82) is 0 Å². The van der Waals surface area contributed by atoms with Crippen molar-refractivity contribution in [3.05, 3.63) is 0 Å². The molecule has 0 aromatic carbocycles. The molecule has 0 aromatic heterocycles. The van der Waals surface area contributed by atoms with E-state index >= 15 is 0 Å². The van der Waals surface area contributed by atoms with Crippen molar-refractivity contribution in [3.63, 3.8) is 0 Å². The monoisotopic (exact) mass is 178 g/mol. The van der Waals surface area contributed by atoms with Crippen molar-refractivity contribution in [2.24, 2.45) is 0 Å². The Morgan fingerprint density at radius 3 is 1.00 bits per heavy atom. The van der Waals surface area contributed by atoms with Crippen LogP contribution in [-0.2, 0) is 9.59 Å². The van der Waals surface area contributed by atoms with Crippen LogP contribution in [0.3, 0.4) is 0 Å². The van der Waals surface area contributed by atoms with Crippen LogP contribution in [0.15, 0.2) is 0 Å². The van der Waals surface area contributed by atoms with Gasteiger partial charge in [-0.05, 0) is 0 Å². The predicted molar refractivity (Wildman–Crippen MR) is 36.0 cm³/mol. The first kappa shape index (κ1) is 22.5. The molecular weight excluding hydrogens is 168 g/mol. The summed E-state index contributed by atoms with van der Waals surface area (Å²) in [5.74, 6) is -1.67. The van der Waals surface area contributed by atoms with Crippen LogP contribution >= 0.6 is 0 Å². The smallest absolute Gasteiger partial charge is 0.300 e. The number of carboxylic acids is 2. The van der Waals surface area contributed by atoms with Gasteiger partial charge in [0.25, 0.3) is 11.9 Å². The van der Waals surface area contributed by atoms with Crippen molar-refractivity contribution >= 4 is 49.7 Å². The number of hydrogen-bond donors (Lipinski definition) is 2. The fourth-order valence-corrected chi connectivity index (χ4v) is 0. The van der Waals surface area contributed by atoms with Crippen LogP contribution in [0.25, 0.3) is 0 Å². The minimum Gasteiger partial charge on any atom is -0.481 e. The van der Waals surface area contributed by atoms with Crippen LogP contribution in [0.2, 0.25) is 0 Å². The fourth-order valence-electron chi connectivity index (χ4n) is 0. The van der Waals surface area contributed by atoms with Crippen LogP contribution in [0.4, 0.5) is 0 Å². The zero-order valence-electron chi connectivity index (χ0n) is 5.92. The first-order valence-corrected chi connectivity index (χ1v) is 1.86. The van der Waals surface area contributed by atoms with Gasteiger partial charge in [-0.3, -0.25) is 9.59 Å². The van der Waals surface area contributed by atoms with Gasteiger partial charge in [0, 0.05) is 51.6 Å². The summed E-state index contributed by atoms with van der Waals surface area (Å²) in [7, 11) is 0. The summed E-state index contributed by atoms with van der Waals surface area (Å²) >= 11 is 0. The maximum atomic E-state index is 9.00. The molecule has 0 saturated heterocycles. The van der Waals surface area contributed by atoms with Crippen molar-refractivity contribution in [3.8, 4) is 0 Å². The van der Waals surface area contributed by atoms with E-state index in [0.717, 1.165) is 13.8 Å². The van der Waals surface area contributed by atoms with Gasteiger partial charge in [-0.15, -0.1) is 0 Å². The Labute approximate surface area is 88.3 Å². The molecule has 0 amide bonds. The van der Waals surface area contributed by atoms with Gasteiger partial charge in [-0.25, -0.2) is 0 Å². The Hall–Kier alpha value is 0.160. The summed E-state index contributed by atoms with van der Waals surface area (Å²) in [4.78, 5) is 18.0. The van der Waals surface area contributed by atoms with Crippen molar-refractivity contribution < 1.29 is 25.3 Å². The molecule has 2 radical (unpaired) electrons. The van der Waals surface area contributed by atoms with E-state index in [4.69, 9.17) is 19.8 Å².